The van der Waals surface area contributed by atoms with Crippen molar-refractivity contribution in [3.8, 4) is 34.5 Å². The van der Waals surface area contributed by atoms with Crippen molar-refractivity contribution in [1.29, 1.82) is 0 Å². The fraction of sp³-hybridized carbons (Fsp3) is 0.364. The van der Waals surface area contributed by atoms with Gasteiger partial charge in [0.05, 0.1) is 21.3 Å². The molecule has 6 N–H and O–H groups in total. The molecule has 3 aromatic carbocycles. The topological polar surface area (TPSA) is 185 Å². The lowest BCUT2D eigenvalue weighted by molar-refractivity contribution is -0.136. The third-order valence-corrected chi connectivity index (χ3v) is 7.35. The number of rotatable bonds is 9. The van der Waals surface area contributed by atoms with Crippen molar-refractivity contribution in [1.82, 2.24) is 0 Å². The van der Waals surface area contributed by atoms with Crippen LogP contribution in [0.25, 0.3) is 0 Å². The number of carbonyl (C=O) groups excluding carboxylic acids is 3. The molecule has 1 aliphatic rings. The van der Waals surface area contributed by atoms with Gasteiger partial charge in [0.25, 0.3) is 0 Å². The molecule has 0 heterocycles. The molecule has 0 aromatic heterocycles. The average Bonchev–Trinajstić information content (AvgIpc) is 3.05. The summed E-state index contributed by atoms with van der Waals surface area (Å²) >= 11 is 0. The van der Waals surface area contributed by atoms with E-state index in [0.29, 0.717) is 36.5 Å². The first-order valence-electron chi connectivity index (χ1n) is 14.4. The molecule has 45 heavy (non-hydrogen) atoms. The lowest BCUT2D eigenvalue weighted by Gasteiger charge is -2.19. The number of methoxy groups -OCH3 is 3. The van der Waals surface area contributed by atoms with Gasteiger partial charge in [-0.1, -0.05) is 0 Å². The van der Waals surface area contributed by atoms with E-state index in [-0.39, 0.29) is 17.2 Å². The number of fused-ring (bicyclic) bond motifs is 3. The zero-order valence-electron chi connectivity index (χ0n) is 26.2. The molecule has 0 radical (unpaired) electrons. The maximum absolute atomic E-state index is 12.5. The number of hydrogen-bond donors (Lipinski definition) is 3. The summed E-state index contributed by atoms with van der Waals surface area (Å²) in [5.41, 5.74) is 22.2. The Hall–Kier alpha value is -4.65. The van der Waals surface area contributed by atoms with Gasteiger partial charge in [0.1, 0.15) is 29.6 Å². The van der Waals surface area contributed by atoms with Crippen LogP contribution in [0.2, 0.25) is 0 Å². The second-order valence-electron chi connectivity index (χ2n) is 11.0. The first kappa shape index (κ1) is 33.2. The van der Waals surface area contributed by atoms with Crippen molar-refractivity contribution in [3.05, 3.63) is 69.8 Å². The summed E-state index contributed by atoms with van der Waals surface area (Å²) in [6.07, 6.45) is 1.12. The van der Waals surface area contributed by atoms with Crippen molar-refractivity contribution < 1.29 is 42.8 Å². The van der Waals surface area contributed by atoms with Gasteiger partial charge in [0.15, 0.2) is 23.0 Å². The number of hydrogen-bond acceptors (Lipinski definition) is 12. The Kier molecular flexibility index (Phi) is 10.3. The lowest BCUT2D eigenvalue weighted by Crippen LogP contribution is -2.31. The van der Waals surface area contributed by atoms with Crippen LogP contribution in [0.4, 0.5) is 0 Å². The summed E-state index contributed by atoms with van der Waals surface area (Å²) in [7, 11) is 4.49. The molecule has 0 spiro atoms. The molecular formula is C33H39N3O9. The monoisotopic (exact) mass is 621 g/mol. The third-order valence-electron chi connectivity index (χ3n) is 7.35. The van der Waals surface area contributed by atoms with E-state index in [1.54, 1.807) is 36.4 Å². The number of benzene rings is 3. The minimum Gasteiger partial charge on any atom is -0.496 e. The Balaban J connectivity index is 1.98. The molecule has 0 saturated heterocycles. The van der Waals surface area contributed by atoms with E-state index in [2.05, 4.69) is 0 Å². The van der Waals surface area contributed by atoms with Crippen LogP contribution in [0.5, 0.6) is 34.5 Å². The third kappa shape index (κ3) is 7.54. The summed E-state index contributed by atoms with van der Waals surface area (Å²) in [5, 5.41) is 0. The molecule has 0 bridgehead atoms. The zero-order valence-corrected chi connectivity index (χ0v) is 26.2. The molecule has 1 aliphatic carbocycles. The van der Waals surface area contributed by atoms with E-state index in [1.165, 1.54) is 42.1 Å². The Morgan fingerprint density at radius 2 is 0.889 bits per heavy atom. The number of nitrogens with two attached hydrogens (primary N) is 3. The minimum absolute atomic E-state index is 0.210. The number of carbonyl (C=O) groups is 3. The van der Waals surface area contributed by atoms with E-state index in [4.69, 9.17) is 45.6 Å². The van der Waals surface area contributed by atoms with Gasteiger partial charge in [-0.05, 0) is 91.8 Å². The molecule has 0 aliphatic heterocycles. The maximum Gasteiger partial charge on any atom is 0.328 e. The van der Waals surface area contributed by atoms with Gasteiger partial charge in [-0.15, -0.1) is 0 Å². The molecule has 3 unspecified atom stereocenters. The second-order valence-corrected chi connectivity index (χ2v) is 11.0. The van der Waals surface area contributed by atoms with Crippen LogP contribution >= 0.6 is 0 Å². The first-order chi connectivity index (χ1) is 21.3. The molecule has 3 aromatic rings. The normalized spacial score (nSPS) is 14.1. The van der Waals surface area contributed by atoms with Crippen LogP contribution in [0.1, 0.15) is 54.2 Å². The highest BCUT2D eigenvalue weighted by atomic mass is 16.6. The number of ether oxygens (including phenoxy) is 6. The predicted molar refractivity (Wildman–Crippen MR) is 165 cm³/mol. The van der Waals surface area contributed by atoms with Gasteiger partial charge in [-0.3, -0.25) is 0 Å². The Labute approximate surface area is 261 Å². The Morgan fingerprint density at radius 3 is 1.31 bits per heavy atom. The van der Waals surface area contributed by atoms with Crippen LogP contribution in [0.3, 0.4) is 0 Å². The zero-order chi connectivity index (χ0) is 33.0. The van der Waals surface area contributed by atoms with E-state index in [9.17, 15) is 14.4 Å². The fourth-order valence-corrected chi connectivity index (χ4v) is 4.91. The summed E-state index contributed by atoms with van der Waals surface area (Å²) in [6, 6.07) is 7.97. The molecule has 0 fully saturated rings. The van der Waals surface area contributed by atoms with Crippen LogP contribution in [0, 0.1) is 0 Å². The maximum atomic E-state index is 12.5. The van der Waals surface area contributed by atoms with Crippen LogP contribution in [0.15, 0.2) is 36.4 Å². The lowest BCUT2D eigenvalue weighted by atomic mass is 9.93. The fourth-order valence-electron chi connectivity index (χ4n) is 4.91. The van der Waals surface area contributed by atoms with Crippen molar-refractivity contribution in [3.63, 3.8) is 0 Å². The van der Waals surface area contributed by atoms with Gasteiger partial charge < -0.3 is 45.6 Å². The highest BCUT2D eigenvalue weighted by Gasteiger charge is 2.25. The smallest absolute Gasteiger partial charge is 0.328 e. The summed E-state index contributed by atoms with van der Waals surface area (Å²) in [4.78, 5) is 37.3. The molecular weight excluding hydrogens is 582 g/mol. The van der Waals surface area contributed by atoms with Gasteiger partial charge in [-0.2, -0.15) is 0 Å². The first-order valence-corrected chi connectivity index (χ1v) is 14.4. The molecule has 3 atom stereocenters. The van der Waals surface area contributed by atoms with E-state index in [1.807, 2.05) is 0 Å². The highest BCUT2D eigenvalue weighted by molar-refractivity contribution is 5.79. The molecule has 4 rings (SSSR count). The second kappa shape index (κ2) is 14.0. The van der Waals surface area contributed by atoms with E-state index >= 15 is 0 Å². The van der Waals surface area contributed by atoms with Crippen LogP contribution in [-0.2, 0) is 33.6 Å². The highest BCUT2D eigenvalue weighted by Crippen LogP contribution is 2.41. The number of esters is 3. The molecule has 12 nitrogen and oxygen atoms in total. The minimum atomic E-state index is -0.850. The van der Waals surface area contributed by atoms with Crippen LogP contribution < -0.4 is 45.6 Å². The average molecular weight is 622 g/mol. The molecule has 0 amide bonds. The van der Waals surface area contributed by atoms with Gasteiger partial charge in [0.2, 0.25) is 0 Å². The van der Waals surface area contributed by atoms with Gasteiger partial charge in [0, 0.05) is 18.1 Å². The molecule has 0 saturated carbocycles. The summed E-state index contributed by atoms with van der Waals surface area (Å²) in [6.45, 7) is 4.60. The molecule has 12 heteroatoms. The van der Waals surface area contributed by atoms with E-state index < -0.39 is 36.0 Å². The van der Waals surface area contributed by atoms with Crippen LogP contribution in [-0.4, -0.2) is 57.4 Å². The van der Waals surface area contributed by atoms with Crippen molar-refractivity contribution >= 4 is 17.9 Å². The summed E-state index contributed by atoms with van der Waals surface area (Å²) < 4.78 is 33.8. The van der Waals surface area contributed by atoms with Gasteiger partial charge >= 0.3 is 17.9 Å². The van der Waals surface area contributed by atoms with Crippen molar-refractivity contribution in [2.45, 2.75) is 58.2 Å². The Morgan fingerprint density at radius 1 is 0.511 bits per heavy atom. The van der Waals surface area contributed by atoms with Crippen molar-refractivity contribution in [2.75, 3.05) is 21.3 Å². The SMILES string of the molecule is COc1cc2c(cc1OC(=O)C(C)N)Cc1cc(OC)c(OC(=O)C(C)N)cc1Cc1c(cc(OC(=O)C(C)N)cc1OC)C2. The standard InChI is InChI=1S/C33H39N3O9/c1-16(34)31(37)43-24-9-23-8-21-12-28(42-6)29(44-32(38)17(2)35)13-20(21)7-19-11-27(41-5)30(45-33(39)18(3)36)14-22(19)10-25(23)26(15-24)40-4/h9,11-18H,7-8,10,34-36H2,1-6H3. The largest absolute Gasteiger partial charge is 0.496 e. The van der Waals surface area contributed by atoms with Gasteiger partial charge in [-0.25, -0.2) is 14.4 Å². The Bertz CT molecular complexity index is 1600. The van der Waals surface area contributed by atoms with Crippen molar-refractivity contribution in [2.24, 2.45) is 17.2 Å². The van der Waals surface area contributed by atoms with E-state index in [0.717, 1.165) is 33.4 Å². The quantitative estimate of drug-likeness (QED) is 0.184. The molecule has 240 valence electrons. The predicted octanol–water partition coefficient (Wildman–Crippen LogP) is 2.56. The summed E-state index contributed by atoms with van der Waals surface area (Å²) in [5.74, 6) is 0.0206.